The van der Waals surface area contributed by atoms with Crippen molar-refractivity contribution in [2.45, 2.75) is 13.0 Å². The Labute approximate surface area is 219 Å². The van der Waals surface area contributed by atoms with Crippen molar-refractivity contribution >= 4 is 28.9 Å². The minimum atomic E-state index is -0.560. The van der Waals surface area contributed by atoms with Crippen LogP contribution in [-0.4, -0.2) is 50.2 Å². The Kier molecular flexibility index (Phi) is 5.86. The van der Waals surface area contributed by atoms with Crippen LogP contribution in [0.5, 0.6) is 0 Å². The zero-order chi connectivity index (χ0) is 26.2. The molecule has 1 unspecified atom stereocenters. The van der Waals surface area contributed by atoms with Crippen LogP contribution in [0.15, 0.2) is 108 Å². The van der Waals surface area contributed by atoms with Gasteiger partial charge in [-0.05, 0) is 25.1 Å². The number of aliphatic imine (C=N–C) groups is 1. The summed E-state index contributed by atoms with van der Waals surface area (Å²) in [5.74, 6) is -0.894. The van der Waals surface area contributed by atoms with E-state index < -0.39 is 5.91 Å². The number of carbonyl (C=O) groups excluding carboxylic acids is 2. The van der Waals surface area contributed by atoms with Gasteiger partial charge < -0.3 is 0 Å². The number of nitrogens with zero attached hydrogens (tertiary/aromatic N) is 6. The third-order valence-electron chi connectivity index (χ3n) is 6.75. The second kappa shape index (κ2) is 9.49. The molecule has 38 heavy (non-hydrogen) atoms. The quantitative estimate of drug-likeness (QED) is 0.350. The van der Waals surface area contributed by atoms with Crippen LogP contribution in [0.3, 0.4) is 0 Å². The molecule has 0 saturated carbocycles. The highest BCUT2D eigenvalue weighted by Crippen LogP contribution is 2.28. The van der Waals surface area contributed by atoms with E-state index in [0.717, 1.165) is 16.8 Å². The minimum absolute atomic E-state index is 0.170. The number of para-hydroxylation sites is 1. The highest BCUT2D eigenvalue weighted by molar-refractivity contribution is 6.48. The first-order valence-corrected chi connectivity index (χ1v) is 12.3. The molecule has 8 heteroatoms. The van der Waals surface area contributed by atoms with Crippen LogP contribution < -0.4 is 5.01 Å². The third kappa shape index (κ3) is 3.97. The normalized spacial score (nSPS) is 17.0. The fourth-order valence-corrected chi connectivity index (χ4v) is 4.65. The van der Waals surface area contributed by atoms with E-state index in [1.807, 2.05) is 104 Å². The topological polar surface area (TPSA) is 83.2 Å². The number of hydrazine groups is 1. The maximum absolute atomic E-state index is 13.5. The fraction of sp³-hybridized carbons (Fsp3) is 0.100. The van der Waals surface area contributed by atoms with Crippen molar-refractivity contribution in [3.8, 4) is 22.5 Å². The summed E-state index contributed by atoms with van der Waals surface area (Å²) in [6.45, 7) is 1.85. The van der Waals surface area contributed by atoms with E-state index in [0.29, 0.717) is 17.0 Å². The average molecular weight is 501 g/mol. The maximum atomic E-state index is 13.5. The predicted octanol–water partition coefficient (Wildman–Crippen LogP) is 4.93. The summed E-state index contributed by atoms with van der Waals surface area (Å²) in [4.78, 5) is 36.0. The van der Waals surface area contributed by atoms with Crippen molar-refractivity contribution in [1.29, 1.82) is 0 Å². The van der Waals surface area contributed by atoms with E-state index in [4.69, 9.17) is 4.98 Å². The van der Waals surface area contributed by atoms with Gasteiger partial charge in [0.15, 0.2) is 5.65 Å². The summed E-state index contributed by atoms with van der Waals surface area (Å²) < 4.78 is 1.65. The van der Waals surface area contributed by atoms with E-state index in [-0.39, 0.29) is 23.2 Å². The Morgan fingerprint density at radius 3 is 2.13 bits per heavy atom. The lowest BCUT2D eigenvalue weighted by Gasteiger charge is -2.25. The van der Waals surface area contributed by atoms with Crippen molar-refractivity contribution in [3.63, 3.8) is 0 Å². The van der Waals surface area contributed by atoms with Crippen molar-refractivity contribution in [2.24, 2.45) is 4.99 Å². The van der Waals surface area contributed by atoms with Crippen molar-refractivity contribution in [1.82, 2.24) is 19.6 Å². The molecule has 1 saturated heterocycles. The number of benzene rings is 3. The van der Waals surface area contributed by atoms with Crippen LogP contribution in [0, 0.1) is 0 Å². The number of carbonyl (C=O) groups is 2. The zero-order valence-corrected chi connectivity index (χ0v) is 20.9. The Balaban J connectivity index is 1.45. The summed E-state index contributed by atoms with van der Waals surface area (Å²) in [6.07, 6.45) is 1.47. The number of rotatable bonds is 4. The summed E-state index contributed by atoms with van der Waals surface area (Å²) in [6, 6.07) is 30.5. The Bertz CT molecular complexity index is 1680. The molecule has 6 rings (SSSR count). The van der Waals surface area contributed by atoms with Crippen LogP contribution in [0.2, 0.25) is 0 Å². The van der Waals surface area contributed by atoms with Gasteiger partial charge in [0.25, 0.3) is 11.8 Å². The molecule has 1 fully saturated rings. The number of anilines is 1. The SMILES string of the molecule is CC1C(=NC(=O)c2cnn3c(-c4ccccc4)cc(-c4ccccc4)nc23)C(=O)N(c2ccccc2)N1C. The molecule has 1 aliphatic rings. The van der Waals surface area contributed by atoms with E-state index >= 15 is 0 Å². The Morgan fingerprint density at radius 2 is 1.47 bits per heavy atom. The van der Waals surface area contributed by atoms with Gasteiger partial charge in [0.05, 0.1) is 29.3 Å². The number of amides is 2. The second-order valence-electron chi connectivity index (χ2n) is 9.06. The van der Waals surface area contributed by atoms with Crippen LogP contribution in [0.1, 0.15) is 17.3 Å². The number of aromatic nitrogens is 3. The molecule has 8 nitrogen and oxygen atoms in total. The molecule has 1 atom stereocenters. The lowest BCUT2D eigenvalue weighted by Crippen LogP contribution is -2.38. The smallest absolute Gasteiger partial charge is 0.267 e. The molecule has 0 radical (unpaired) electrons. The number of hydrogen-bond donors (Lipinski definition) is 0. The first-order chi connectivity index (χ1) is 18.5. The molecule has 3 heterocycles. The molecule has 0 bridgehead atoms. The largest absolute Gasteiger partial charge is 0.289 e. The second-order valence-corrected chi connectivity index (χ2v) is 9.06. The molecule has 2 amide bonds. The maximum Gasteiger partial charge on any atom is 0.289 e. The van der Waals surface area contributed by atoms with Crippen LogP contribution in [0.4, 0.5) is 5.69 Å². The van der Waals surface area contributed by atoms with Gasteiger partial charge >= 0.3 is 0 Å². The molecule has 186 valence electrons. The van der Waals surface area contributed by atoms with Crippen molar-refractivity contribution in [2.75, 3.05) is 12.1 Å². The third-order valence-corrected chi connectivity index (χ3v) is 6.75. The predicted molar refractivity (Wildman–Crippen MR) is 147 cm³/mol. The highest BCUT2D eigenvalue weighted by Gasteiger charge is 2.40. The summed E-state index contributed by atoms with van der Waals surface area (Å²) in [5.41, 5.74) is 4.84. The Morgan fingerprint density at radius 1 is 0.868 bits per heavy atom. The van der Waals surface area contributed by atoms with Gasteiger partial charge in [0.1, 0.15) is 11.3 Å². The number of fused-ring (bicyclic) bond motifs is 1. The van der Waals surface area contributed by atoms with E-state index in [2.05, 4.69) is 10.1 Å². The summed E-state index contributed by atoms with van der Waals surface area (Å²) >= 11 is 0. The highest BCUT2D eigenvalue weighted by atomic mass is 16.2. The van der Waals surface area contributed by atoms with Crippen molar-refractivity contribution < 1.29 is 9.59 Å². The Hall–Kier alpha value is -4.95. The van der Waals surface area contributed by atoms with Crippen LogP contribution in [0.25, 0.3) is 28.2 Å². The van der Waals surface area contributed by atoms with Crippen molar-refractivity contribution in [3.05, 3.63) is 109 Å². The molecule has 3 aromatic carbocycles. The molecular formula is C30H24N6O2. The zero-order valence-electron chi connectivity index (χ0n) is 20.9. The fourth-order valence-electron chi connectivity index (χ4n) is 4.65. The van der Waals surface area contributed by atoms with Gasteiger partial charge in [0.2, 0.25) is 0 Å². The molecule has 5 aromatic rings. The van der Waals surface area contributed by atoms with Gasteiger partial charge in [-0.25, -0.2) is 24.5 Å². The molecular weight excluding hydrogens is 476 g/mol. The first kappa shape index (κ1) is 23.4. The monoisotopic (exact) mass is 500 g/mol. The molecule has 1 aliphatic heterocycles. The van der Waals surface area contributed by atoms with Crippen LogP contribution >= 0.6 is 0 Å². The van der Waals surface area contributed by atoms with Gasteiger partial charge in [-0.1, -0.05) is 78.9 Å². The summed E-state index contributed by atoms with van der Waals surface area (Å²) in [7, 11) is 1.80. The van der Waals surface area contributed by atoms with Gasteiger partial charge in [-0.2, -0.15) is 5.10 Å². The van der Waals surface area contributed by atoms with Gasteiger partial charge in [-0.3, -0.25) is 9.59 Å². The lowest BCUT2D eigenvalue weighted by atomic mass is 10.1. The van der Waals surface area contributed by atoms with Gasteiger partial charge in [0, 0.05) is 18.2 Å². The van der Waals surface area contributed by atoms with E-state index in [1.165, 1.54) is 11.2 Å². The molecule has 0 aliphatic carbocycles. The first-order valence-electron chi connectivity index (χ1n) is 12.3. The van der Waals surface area contributed by atoms with Gasteiger partial charge in [-0.15, -0.1) is 0 Å². The number of hydrogen-bond acceptors (Lipinski definition) is 5. The molecule has 0 N–H and O–H groups in total. The van der Waals surface area contributed by atoms with Crippen LogP contribution in [-0.2, 0) is 4.79 Å². The lowest BCUT2D eigenvalue weighted by molar-refractivity contribution is -0.113. The van der Waals surface area contributed by atoms with E-state index in [9.17, 15) is 9.59 Å². The summed E-state index contributed by atoms with van der Waals surface area (Å²) in [5, 5.41) is 7.81. The molecule has 2 aromatic heterocycles. The average Bonchev–Trinajstić information content (AvgIpc) is 3.48. The van der Waals surface area contributed by atoms with E-state index in [1.54, 1.807) is 16.6 Å². The minimum Gasteiger partial charge on any atom is -0.267 e. The standard InChI is InChI=1S/C30H24N6O2/c1-20-27(30(38)36(34(20)2)23-16-10-5-11-17-23)33-29(37)24-19-31-35-26(22-14-8-4-9-15-22)18-25(32-28(24)35)21-12-6-3-7-13-21/h3-20H,1-2H3. The molecule has 0 spiro atoms.